The van der Waals surface area contributed by atoms with Gasteiger partial charge in [-0.3, -0.25) is 9.59 Å². The van der Waals surface area contributed by atoms with E-state index in [1.807, 2.05) is 6.07 Å². The van der Waals surface area contributed by atoms with Crippen LogP contribution in [0, 0.1) is 11.3 Å². The average molecular weight is 368 g/mol. The van der Waals surface area contributed by atoms with E-state index in [4.69, 9.17) is 5.26 Å². The molecule has 1 amide bonds. The zero-order chi connectivity index (χ0) is 18.8. The number of carbonyl (C=O) groups excluding carboxylic acids is 1. The van der Waals surface area contributed by atoms with E-state index in [1.165, 1.54) is 30.4 Å². The van der Waals surface area contributed by atoms with Crippen LogP contribution in [-0.4, -0.2) is 26.8 Å². The molecule has 0 aliphatic heterocycles. The Balaban J connectivity index is 2.06. The molecule has 130 valence electrons. The molecule has 0 aliphatic carbocycles. The van der Waals surface area contributed by atoms with E-state index in [0.717, 1.165) is 4.68 Å². The number of hydrogen-bond acceptors (Lipinski definition) is 6. The Bertz CT molecular complexity index is 1130. The molecule has 1 aromatic carbocycles. The molecule has 9 heteroatoms. The van der Waals surface area contributed by atoms with Gasteiger partial charge in [-0.05, 0) is 24.4 Å². The lowest BCUT2D eigenvalue weighted by molar-refractivity contribution is -0.119. The largest absolute Gasteiger partial charge is 0.476 e. The predicted octanol–water partition coefficient (Wildman–Crippen LogP) is 2.23. The van der Waals surface area contributed by atoms with Crippen LogP contribution in [0.3, 0.4) is 0 Å². The van der Waals surface area contributed by atoms with Crippen molar-refractivity contribution < 1.29 is 14.7 Å². The van der Waals surface area contributed by atoms with Gasteiger partial charge >= 0.3 is 5.97 Å². The van der Waals surface area contributed by atoms with Crippen molar-refractivity contribution >= 4 is 39.0 Å². The van der Waals surface area contributed by atoms with Crippen LogP contribution in [-0.2, 0) is 4.79 Å². The Morgan fingerprint density at radius 2 is 2.00 bits per heavy atom. The summed E-state index contributed by atoms with van der Waals surface area (Å²) >= 11 is 1.17. The number of benzene rings is 1. The Labute approximate surface area is 150 Å². The molecular formula is C17H12N4O4S. The summed E-state index contributed by atoms with van der Waals surface area (Å²) in [7, 11) is 0. The lowest BCUT2D eigenvalue weighted by Crippen LogP contribution is -2.34. The summed E-state index contributed by atoms with van der Waals surface area (Å²) in [6.07, 6.45) is 0. The first-order valence-electron chi connectivity index (χ1n) is 7.47. The Morgan fingerprint density at radius 3 is 2.65 bits per heavy atom. The molecule has 0 fully saturated rings. The maximum atomic E-state index is 12.7. The summed E-state index contributed by atoms with van der Waals surface area (Å²) in [6, 6.07) is 8.64. The summed E-state index contributed by atoms with van der Waals surface area (Å²) in [5.41, 5.74) is -0.575. The highest BCUT2D eigenvalue weighted by atomic mass is 32.1. The molecule has 3 rings (SSSR count). The van der Waals surface area contributed by atoms with Crippen molar-refractivity contribution in [3.8, 4) is 6.07 Å². The number of thiophene rings is 1. The summed E-state index contributed by atoms with van der Waals surface area (Å²) in [5.74, 6) is -1.88. The Kier molecular flexibility index (Phi) is 4.51. The number of anilines is 1. The van der Waals surface area contributed by atoms with Gasteiger partial charge < -0.3 is 10.4 Å². The number of rotatable bonds is 4. The Hall–Kier alpha value is -3.51. The number of hydrogen-bond donors (Lipinski definition) is 2. The second kappa shape index (κ2) is 6.78. The maximum Gasteiger partial charge on any atom is 0.357 e. The molecule has 0 bridgehead atoms. The number of fused-ring (bicyclic) bond motifs is 1. The zero-order valence-corrected chi connectivity index (χ0v) is 14.3. The van der Waals surface area contributed by atoms with Crippen molar-refractivity contribution in [1.82, 2.24) is 9.78 Å². The second-order valence-electron chi connectivity index (χ2n) is 5.39. The smallest absolute Gasteiger partial charge is 0.357 e. The number of amides is 1. The quantitative estimate of drug-likeness (QED) is 0.727. The van der Waals surface area contributed by atoms with E-state index in [2.05, 4.69) is 10.4 Å². The van der Waals surface area contributed by atoms with Gasteiger partial charge in [0.1, 0.15) is 17.1 Å². The molecule has 1 unspecified atom stereocenters. The van der Waals surface area contributed by atoms with Crippen molar-refractivity contribution in [2.45, 2.75) is 13.0 Å². The summed E-state index contributed by atoms with van der Waals surface area (Å²) < 4.78 is 0.848. The zero-order valence-electron chi connectivity index (χ0n) is 13.5. The van der Waals surface area contributed by atoms with Gasteiger partial charge in [-0.25, -0.2) is 9.48 Å². The SMILES string of the molecule is CC(C(=O)Nc1sccc1C#N)n1nc(C(=O)O)c2ccccc2c1=O. The molecule has 0 saturated carbocycles. The van der Waals surface area contributed by atoms with E-state index in [0.29, 0.717) is 10.6 Å². The minimum absolute atomic E-state index is 0.161. The minimum Gasteiger partial charge on any atom is -0.476 e. The third-order valence-corrected chi connectivity index (χ3v) is 4.63. The number of carboxylic acid groups (broad SMARTS) is 1. The first kappa shape index (κ1) is 17.3. The monoisotopic (exact) mass is 368 g/mol. The molecule has 1 atom stereocenters. The molecule has 8 nitrogen and oxygen atoms in total. The van der Waals surface area contributed by atoms with E-state index in [1.54, 1.807) is 23.6 Å². The van der Waals surface area contributed by atoms with E-state index in [9.17, 15) is 19.5 Å². The number of aromatic nitrogens is 2. The number of carbonyl (C=O) groups is 2. The molecule has 2 N–H and O–H groups in total. The van der Waals surface area contributed by atoms with Gasteiger partial charge in [0.2, 0.25) is 5.91 Å². The summed E-state index contributed by atoms with van der Waals surface area (Å²) in [6.45, 7) is 1.43. The van der Waals surface area contributed by atoms with Crippen molar-refractivity contribution in [1.29, 1.82) is 5.26 Å². The first-order valence-corrected chi connectivity index (χ1v) is 8.35. The van der Waals surface area contributed by atoms with Gasteiger partial charge in [0.05, 0.1) is 10.9 Å². The van der Waals surface area contributed by atoms with Crippen LogP contribution in [0.2, 0.25) is 0 Å². The van der Waals surface area contributed by atoms with Crippen molar-refractivity contribution in [3.63, 3.8) is 0 Å². The fourth-order valence-corrected chi connectivity index (χ4v) is 3.19. The fraction of sp³-hybridized carbons (Fsp3) is 0.118. The van der Waals surface area contributed by atoms with Crippen LogP contribution < -0.4 is 10.9 Å². The maximum absolute atomic E-state index is 12.7. The molecule has 0 aliphatic rings. The van der Waals surface area contributed by atoms with E-state index >= 15 is 0 Å². The third-order valence-electron chi connectivity index (χ3n) is 3.80. The minimum atomic E-state index is -1.30. The topological polar surface area (TPSA) is 125 Å². The van der Waals surface area contributed by atoms with Crippen molar-refractivity contribution in [2.75, 3.05) is 5.32 Å². The lowest BCUT2D eigenvalue weighted by atomic mass is 10.1. The number of nitrogens with zero attached hydrogens (tertiary/aromatic N) is 3. The highest BCUT2D eigenvalue weighted by molar-refractivity contribution is 7.14. The lowest BCUT2D eigenvalue weighted by Gasteiger charge is -2.15. The second-order valence-corrected chi connectivity index (χ2v) is 6.31. The van der Waals surface area contributed by atoms with Crippen LogP contribution in [0.5, 0.6) is 0 Å². The Morgan fingerprint density at radius 1 is 1.31 bits per heavy atom. The molecule has 3 aromatic rings. The molecule has 0 radical (unpaired) electrons. The van der Waals surface area contributed by atoms with Crippen LogP contribution in [0.4, 0.5) is 5.00 Å². The van der Waals surface area contributed by atoms with Gasteiger partial charge in [-0.15, -0.1) is 11.3 Å². The van der Waals surface area contributed by atoms with Gasteiger partial charge in [0.25, 0.3) is 5.56 Å². The normalized spacial score (nSPS) is 11.7. The highest BCUT2D eigenvalue weighted by Gasteiger charge is 2.23. The molecule has 0 saturated heterocycles. The molecule has 2 heterocycles. The first-order chi connectivity index (χ1) is 12.4. The fourth-order valence-electron chi connectivity index (χ4n) is 2.45. The number of carboxylic acids is 1. The van der Waals surface area contributed by atoms with Gasteiger partial charge in [0, 0.05) is 5.39 Å². The van der Waals surface area contributed by atoms with Crippen LogP contribution in [0.25, 0.3) is 10.8 Å². The highest BCUT2D eigenvalue weighted by Crippen LogP contribution is 2.23. The van der Waals surface area contributed by atoms with Crippen LogP contribution in [0.15, 0.2) is 40.5 Å². The molecule has 2 aromatic heterocycles. The van der Waals surface area contributed by atoms with Gasteiger partial charge in [-0.1, -0.05) is 18.2 Å². The molecule has 0 spiro atoms. The predicted molar refractivity (Wildman–Crippen MR) is 95.3 cm³/mol. The molecular weight excluding hydrogens is 356 g/mol. The van der Waals surface area contributed by atoms with E-state index in [-0.39, 0.29) is 16.5 Å². The van der Waals surface area contributed by atoms with Crippen molar-refractivity contribution in [2.24, 2.45) is 0 Å². The molecule has 26 heavy (non-hydrogen) atoms. The van der Waals surface area contributed by atoms with Gasteiger partial charge in [-0.2, -0.15) is 10.4 Å². The number of nitriles is 1. The van der Waals surface area contributed by atoms with E-state index < -0.39 is 23.5 Å². The third kappa shape index (κ3) is 2.94. The van der Waals surface area contributed by atoms with Gasteiger partial charge in [0.15, 0.2) is 5.69 Å². The van der Waals surface area contributed by atoms with Crippen LogP contribution in [0.1, 0.15) is 29.0 Å². The van der Waals surface area contributed by atoms with Crippen LogP contribution >= 0.6 is 11.3 Å². The summed E-state index contributed by atoms with van der Waals surface area (Å²) in [5, 5.41) is 27.2. The number of aromatic carboxylic acids is 1. The summed E-state index contributed by atoms with van der Waals surface area (Å²) in [4.78, 5) is 36.6. The number of nitrogens with one attached hydrogen (secondary N) is 1. The average Bonchev–Trinajstić information content (AvgIpc) is 3.08. The standard InChI is InChI=1S/C17H12N4O4S/c1-9(14(22)19-15-10(8-18)6-7-26-15)21-16(23)12-5-3-2-4-11(12)13(20-21)17(24)25/h2-7,9H,1H3,(H,19,22)(H,24,25). The van der Waals surface area contributed by atoms with Crippen molar-refractivity contribution in [3.05, 3.63) is 57.3 Å².